The van der Waals surface area contributed by atoms with Crippen LogP contribution >= 0.6 is 0 Å². The van der Waals surface area contributed by atoms with Crippen LogP contribution in [0.5, 0.6) is 5.75 Å². The molecule has 0 bridgehead atoms. The van der Waals surface area contributed by atoms with E-state index in [0.717, 1.165) is 5.75 Å². The molecule has 0 fully saturated rings. The van der Waals surface area contributed by atoms with Crippen molar-refractivity contribution in [3.63, 3.8) is 0 Å². The Balaban J connectivity index is 2.51. The van der Waals surface area contributed by atoms with E-state index in [0.29, 0.717) is 17.6 Å². The van der Waals surface area contributed by atoms with E-state index in [-0.39, 0.29) is 5.91 Å². The van der Waals surface area contributed by atoms with Gasteiger partial charge in [0, 0.05) is 13.0 Å². The minimum atomic E-state index is -0.151. The van der Waals surface area contributed by atoms with Gasteiger partial charge in [-0.3, -0.25) is 4.79 Å². The van der Waals surface area contributed by atoms with E-state index in [1.807, 2.05) is 6.92 Å². The summed E-state index contributed by atoms with van der Waals surface area (Å²) >= 11 is 0. The van der Waals surface area contributed by atoms with E-state index < -0.39 is 0 Å². The van der Waals surface area contributed by atoms with Crippen LogP contribution in [0.1, 0.15) is 18.6 Å². The largest absolute Gasteiger partial charge is 0.494 e. The minimum absolute atomic E-state index is 0.151. The summed E-state index contributed by atoms with van der Waals surface area (Å²) in [5, 5.41) is 7.65. The zero-order valence-corrected chi connectivity index (χ0v) is 8.60. The lowest BCUT2D eigenvalue weighted by atomic mass is 10.3. The fourth-order valence-corrected chi connectivity index (χ4v) is 1.39. The van der Waals surface area contributed by atoms with Gasteiger partial charge < -0.3 is 4.74 Å². The quantitative estimate of drug-likeness (QED) is 0.745. The molecule has 0 unspecified atom stereocenters. The first-order valence-electron chi connectivity index (χ1n) is 4.71. The Kier molecular flexibility index (Phi) is 2.37. The number of rotatable bonds is 2. The first-order valence-corrected chi connectivity index (χ1v) is 4.71. The Morgan fingerprint density at radius 2 is 2.33 bits per heavy atom. The summed E-state index contributed by atoms with van der Waals surface area (Å²) in [4.78, 5) is 11.2. The Morgan fingerprint density at radius 1 is 1.53 bits per heavy atom. The number of ether oxygens (including phenoxy) is 1. The van der Waals surface area contributed by atoms with E-state index in [1.165, 1.54) is 11.6 Å². The van der Waals surface area contributed by atoms with Crippen molar-refractivity contribution in [2.24, 2.45) is 0 Å². The van der Waals surface area contributed by atoms with Gasteiger partial charge >= 0.3 is 0 Å². The number of carbonyl (C=O) groups is 1. The molecule has 0 saturated carbocycles. The zero-order chi connectivity index (χ0) is 10.8. The monoisotopic (exact) mass is 205 g/mol. The van der Waals surface area contributed by atoms with Crippen molar-refractivity contribution in [3.8, 4) is 5.75 Å². The molecule has 15 heavy (non-hydrogen) atoms. The molecule has 2 rings (SSSR count). The predicted octanol–water partition coefficient (Wildman–Crippen LogP) is 1.49. The van der Waals surface area contributed by atoms with Gasteiger partial charge in [0.25, 0.3) is 0 Å². The third kappa shape index (κ3) is 1.68. The molecule has 1 aromatic heterocycles. The van der Waals surface area contributed by atoms with Crippen LogP contribution in [0.2, 0.25) is 0 Å². The summed E-state index contributed by atoms with van der Waals surface area (Å²) in [5.41, 5.74) is 1.36. The highest BCUT2D eigenvalue weighted by atomic mass is 16.5. The van der Waals surface area contributed by atoms with Crippen molar-refractivity contribution in [1.82, 2.24) is 15.0 Å². The maximum absolute atomic E-state index is 11.2. The molecule has 2 aromatic rings. The summed E-state index contributed by atoms with van der Waals surface area (Å²) in [6.07, 6.45) is 0. The van der Waals surface area contributed by atoms with Crippen molar-refractivity contribution in [2.45, 2.75) is 13.8 Å². The molecule has 0 spiro atoms. The first kappa shape index (κ1) is 9.64. The SMILES string of the molecule is CCOc1ccc2c(c1)nnn2C(C)=O. The molecular weight excluding hydrogens is 194 g/mol. The van der Waals surface area contributed by atoms with Crippen LogP contribution in [0.15, 0.2) is 18.2 Å². The molecule has 78 valence electrons. The third-order valence-corrected chi connectivity index (χ3v) is 2.03. The second-order valence-electron chi connectivity index (χ2n) is 3.10. The molecular formula is C10H11N3O2. The molecule has 0 amide bonds. The smallest absolute Gasteiger partial charge is 0.245 e. The molecule has 5 heteroatoms. The molecule has 5 nitrogen and oxygen atoms in total. The van der Waals surface area contributed by atoms with E-state index in [4.69, 9.17) is 4.74 Å². The summed E-state index contributed by atoms with van der Waals surface area (Å²) in [6.45, 7) is 3.97. The second-order valence-corrected chi connectivity index (χ2v) is 3.10. The lowest BCUT2D eigenvalue weighted by Crippen LogP contribution is -2.06. The van der Waals surface area contributed by atoms with Gasteiger partial charge in [0.2, 0.25) is 5.91 Å². The fraction of sp³-hybridized carbons (Fsp3) is 0.300. The van der Waals surface area contributed by atoms with E-state index in [1.54, 1.807) is 18.2 Å². The summed E-state index contributed by atoms with van der Waals surface area (Å²) in [6, 6.07) is 5.35. The highest BCUT2D eigenvalue weighted by molar-refractivity contribution is 5.87. The minimum Gasteiger partial charge on any atom is -0.494 e. The topological polar surface area (TPSA) is 57.0 Å². The lowest BCUT2D eigenvalue weighted by Gasteiger charge is -2.01. The molecule has 0 N–H and O–H groups in total. The lowest BCUT2D eigenvalue weighted by molar-refractivity contribution is 0.0924. The van der Waals surface area contributed by atoms with Crippen LogP contribution in [-0.4, -0.2) is 27.5 Å². The number of aromatic nitrogens is 3. The van der Waals surface area contributed by atoms with Gasteiger partial charge in [0.05, 0.1) is 12.1 Å². The number of hydrogen-bond donors (Lipinski definition) is 0. The van der Waals surface area contributed by atoms with Gasteiger partial charge in [-0.15, -0.1) is 5.10 Å². The van der Waals surface area contributed by atoms with Gasteiger partial charge in [-0.1, -0.05) is 5.21 Å². The summed E-state index contributed by atoms with van der Waals surface area (Å²) < 4.78 is 6.59. The number of nitrogens with zero attached hydrogens (tertiary/aromatic N) is 3. The molecule has 1 heterocycles. The maximum atomic E-state index is 11.2. The van der Waals surface area contributed by atoms with Crippen molar-refractivity contribution in [3.05, 3.63) is 18.2 Å². The third-order valence-electron chi connectivity index (χ3n) is 2.03. The zero-order valence-electron chi connectivity index (χ0n) is 8.60. The Labute approximate surface area is 86.6 Å². The van der Waals surface area contributed by atoms with Gasteiger partial charge in [-0.05, 0) is 19.1 Å². The Morgan fingerprint density at radius 3 is 3.00 bits per heavy atom. The van der Waals surface area contributed by atoms with Crippen molar-refractivity contribution >= 4 is 16.9 Å². The van der Waals surface area contributed by atoms with Crippen LogP contribution < -0.4 is 4.74 Å². The second kappa shape index (κ2) is 3.68. The molecule has 0 atom stereocenters. The number of carbonyl (C=O) groups excluding carboxylic acids is 1. The van der Waals surface area contributed by atoms with Gasteiger partial charge in [-0.25, -0.2) is 0 Å². The summed E-state index contributed by atoms with van der Waals surface area (Å²) in [5.74, 6) is 0.585. The first-order chi connectivity index (χ1) is 7.22. The van der Waals surface area contributed by atoms with Crippen LogP contribution in [0.25, 0.3) is 11.0 Å². The highest BCUT2D eigenvalue weighted by Gasteiger charge is 2.08. The predicted molar refractivity (Wildman–Crippen MR) is 55.0 cm³/mol. The molecule has 0 aliphatic carbocycles. The van der Waals surface area contributed by atoms with E-state index >= 15 is 0 Å². The highest BCUT2D eigenvalue weighted by Crippen LogP contribution is 2.18. The van der Waals surface area contributed by atoms with E-state index in [2.05, 4.69) is 10.3 Å². The Bertz CT molecular complexity index is 504. The molecule has 0 radical (unpaired) electrons. The average Bonchev–Trinajstić information content (AvgIpc) is 2.61. The standard InChI is InChI=1S/C10H11N3O2/c1-3-15-8-4-5-10-9(6-8)11-12-13(10)7(2)14/h4-6H,3H2,1-2H3. The average molecular weight is 205 g/mol. The number of benzene rings is 1. The normalized spacial score (nSPS) is 10.5. The maximum Gasteiger partial charge on any atom is 0.245 e. The summed E-state index contributed by atoms with van der Waals surface area (Å²) in [7, 11) is 0. The molecule has 1 aromatic carbocycles. The molecule has 0 aliphatic rings. The molecule has 0 aliphatic heterocycles. The van der Waals surface area contributed by atoms with Gasteiger partial charge in [0.1, 0.15) is 11.3 Å². The fourth-order valence-electron chi connectivity index (χ4n) is 1.39. The van der Waals surface area contributed by atoms with Crippen LogP contribution in [-0.2, 0) is 0 Å². The van der Waals surface area contributed by atoms with Crippen LogP contribution in [0.4, 0.5) is 0 Å². The van der Waals surface area contributed by atoms with Gasteiger partial charge in [0.15, 0.2) is 0 Å². The Hall–Kier alpha value is -1.91. The molecule has 0 saturated heterocycles. The van der Waals surface area contributed by atoms with Gasteiger partial charge in [-0.2, -0.15) is 4.68 Å². The van der Waals surface area contributed by atoms with Crippen molar-refractivity contribution in [1.29, 1.82) is 0 Å². The number of fused-ring (bicyclic) bond motifs is 1. The van der Waals surface area contributed by atoms with Crippen LogP contribution in [0, 0.1) is 0 Å². The van der Waals surface area contributed by atoms with Crippen LogP contribution in [0.3, 0.4) is 0 Å². The number of hydrogen-bond acceptors (Lipinski definition) is 4. The van der Waals surface area contributed by atoms with Crippen molar-refractivity contribution in [2.75, 3.05) is 6.61 Å². The van der Waals surface area contributed by atoms with Crippen molar-refractivity contribution < 1.29 is 9.53 Å². The van der Waals surface area contributed by atoms with E-state index in [9.17, 15) is 4.79 Å².